The molecule has 26 heavy (non-hydrogen) atoms. The molecule has 1 atom stereocenters. The van der Waals surface area contributed by atoms with Crippen molar-refractivity contribution in [2.24, 2.45) is 0 Å². The number of nitrogens with zero attached hydrogens (tertiary/aromatic N) is 5. The lowest BCUT2D eigenvalue weighted by atomic mass is 10.2. The largest absolute Gasteiger partial charge is 0.382 e. The number of nitrogen functional groups attached to an aromatic ring is 1. The first-order chi connectivity index (χ1) is 12.5. The smallest absolute Gasteiger partial charge is 0.218 e. The highest BCUT2D eigenvalue weighted by Crippen LogP contribution is 2.26. The van der Waals surface area contributed by atoms with Gasteiger partial charge < -0.3 is 10.3 Å². The van der Waals surface area contributed by atoms with E-state index in [2.05, 4.69) is 38.4 Å². The molecule has 138 valence electrons. The molecule has 0 saturated heterocycles. The van der Waals surface area contributed by atoms with Gasteiger partial charge in [0.05, 0.1) is 16.3 Å². The maximum absolute atomic E-state index is 12.2. The molecule has 1 unspecified atom stereocenters. The Morgan fingerprint density at radius 3 is 2.58 bits per heavy atom. The minimum absolute atomic E-state index is 0.403. The zero-order valence-electron chi connectivity index (χ0n) is 15.4. The van der Waals surface area contributed by atoms with Crippen LogP contribution < -0.4 is 5.73 Å². The van der Waals surface area contributed by atoms with Crippen LogP contribution in [0.2, 0.25) is 0 Å². The molecule has 8 heteroatoms. The van der Waals surface area contributed by atoms with Crippen molar-refractivity contribution in [1.29, 1.82) is 0 Å². The second kappa shape index (κ2) is 7.90. The minimum Gasteiger partial charge on any atom is -0.382 e. The van der Waals surface area contributed by atoms with E-state index in [1.54, 1.807) is 18.5 Å². The molecule has 0 spiro atoms. The molecule has 7 nitrogen and oxygen atoms in total. The molecular weight excluding hydrogens is 348 g/mol. The van der Waals surface area contributed by atoms with Gasteiger partial charge in [0, 0.05) is 36.8 Å². The Labute approximate surface area is 155 Å². The SMILES string of the molecule is CCc1nc2c(N)nc(C)c(C)c2n1CCCCS(=O)c1ncccn1. The van der Waals surface area contributed by atoms with E-state index in [4.69, 9.17) is 5.73 Å². The third kappa shape index (κ3) is 3.60. The van der Waals surface area contributed by atoms with Crippen molar-refractivity contribution < 1.29 is 4.21 Å². The fourth-order valence-electron chi connectivity index (χ4n) is 3.05. The van der Waals surface area contributed by atoms with E-state index in [0.29, 0.717) is 16.7 Å². The van der Waals surface area contributed by atoms with Crippen LogP contribution in [0.5, 0.6) is 0 Å². The van der Waals surface area contributed by atoms with Crippen molar-refractivity contribution in [2.45, 2.75) is 51.7 Å². The van der Waals surface area contributed by atoms with Crippen LogP contribution in [-0.2, 0) is 23.8 Å². The summed E-state index contributed by atoms with van der Waals surface area (Å²) in [6.07, 6.45) is 5.80. The molecule has 0 aliphatic carbocycles. The topological polar surface area (TPSA) is 99.6 Å². The maximum Gasteiger partial charge on any atom is 0.218 e. The molecule has 3 aromatic heterocycles. The summed E-state index contributed by atoms with van der Waals surface area (Å²) in [5.74, 6) is 2.05. The summed E-state index contributed by atoms with van der Waals surface area (Å²) < 4.78 is 14.5. The molecule has 0 aromatic carbocycles. The molecule has 0 amide bonds. The van der Waals surface area contributed by atoms with Crippen LogP contribution in [0.4, 0.5) is 5.82 Å². The molecule has 0 aliphatic rings. The first-order valence-electron chi connectivity index (χ1n) is 8.80. The fourth-order valence-corrected chi connectivity index (χ4v) is 4.06. The van der Waals surface area contributed by atoms with Gasteiger partial charge in [-0.05, 0) is 38.3 Å². The summed E-state index contributed by atoms with van der Waals surface area (Å²) in [6.45, 7) is 6.93. The first-order valence-corrected chi connectivity index (χ1v) is 10.1. The van der Waals surface area contributed by atoms with Crippen molar-refractivity contribution in [3.8, 4) is 0 Å². The average molecular weight is 372 g/mol. The highest BCUT2D eigenvalue weighted by Gasteiger charge is 2.16. The number of fused-ring (bicyclic) bond motifs is 1. The zero-order valence-corrected chi connectivity index (χ0v) is 16.2. The molecule has 0 saturated carbocycles. The van der Waals surface area contributed by atoms with Crippen molar-refractivity contribution >= 4 is 27.7 Å². The first kappa shape index (κ1) is 18.4. The average Bonchev–Trinajstić information content (AvgIpc) is 3.03. The number of pyridine rings is 1. The van der Waals surface area contributed by atoms with E-state index in [1.807, 2.05) is 6.92 Å². The molecule has 3 aromatic rings. The summed E-state index contributed by atoms with van der Waals surface area (Å²) in [4.78, 5) is 17.2. The number of rotatable bonds is 7. The number of imidazole rings is 1. The van der Waals surface area contributed by atoms with Gasteiger partial charge in [-0.2, -0.15) is 0 Å². The Balaban J connectivity index is 1.74. The van der Waals surface area contributed by atoms with Gasteiger partial charge in [0.1, 0.15) is 11.3 Å². The standard InChI is InChI=1S/C18H24N6OS/c1-4-14-23-15-16(12(2)13(3)22-17(15)19)24(14)10-5-6-11-26(25)18-20-8-7-9-21-18/h7-9H,4-6,10-11H2,1-3H3,(H2,19,22). The van der Waals surface area contributed by atoms with Crippen LogP contribution in [0, 0.1) is 13.8 Å². The van der Waals surface area contributed by atoms with E-state index in [9.17, 15) is 4.21 Å². The number of aryl methyl sites for hydroxylation is 4. The number of hydrogen-bond acceptors (Lipinski definition) is 6. The van der Waals surface area contributed by atoms with Crippen molar-refractivity contribution in [1.82, 2.24) is 24.5 Å². The minimum atomic E-state index is -1.15. The molecule has 0 aliphatic heterocycles. The second-order valence-electron chi connectivity index (χ2n) is 6.23. The number of aromatic nitrogens is 5. The predicted molar refractivity (Wildman–Crippen MR) is 103 cm³/mol. The summed E-state index contributed by atoms with van der Waals surface area (Å²) in [5.41, 5.74) is 9.98. The van der Waals surface area contributed by atoms with E-state index in [1.165, 1.54) is 0 Å². The van der Waals surface area contributed by atoms with Crippen LogP contribution in [-0.4, -0.2) is 34.5 Å². The van der Waals surface area contributed by atoms with Crippen LogP contribution in [0.3, 0.4) is 0 Å². The second-order valence-corrected chi connectivity index (χ2v) is 7.69. The fraction of sp³-hybridized carbons (Fsp3) is 0.444. The van der Waals surface area contributed by atoms with E-state index in [0.717, 1.165) is 53.9 Å². The summed E-state index contributed by atoms with van der Waals surface area (Å²) in [7, 11) is -1.15. The molecule has 0 radical (unpaired) electrons. The van der Waals surface area contributed by atoms with Gasteiger partial charge in [-0.15, -0.1) is 0 Å². The quantitative estimate of drug-likeness (QED) is 0.505. The Kier molecular flexibility index (Phi) is 5.61. The van der Waals surface area contributed by atoms with Crippen molar-refractivity contribution in [2.75, 3.05) is 11.5 Å². The van der Waals surface area contributed by atoms with Gasteiger partial charge in [0.25, 0.3) is 0 Å². The van der Waals surface area contributed by atoms with Crippen LogP contribution >= 0.6 is 0 Å². The number of nitrogens with two attached hydrogens (primary N) is 1. The highest BCUT2D eigenvalue weighted by molar-refractivity contribution is 7.84. The van der Waals surface area contributed by atoms with Gasteiger partial charge in [-0.1, -0.05) is 6.92 Å². The zero-order chi connectivity index (χ0) is 18.7. The van der Waals surface area contributed by atoms with E-state index < -0.39 is 10.8 Å². The molecular formula is C18H24N6OS. The molecule has 0 fully saturated rings. The number of unbranched alkanes of at least 4 members (excludes halogenated alkanes) is 1. The maximum atomic E-state index is 12.2. The van der Waals surface area contributed by atoms with Crippen molar-refractivity contribution in [3.63, 3.8) is 0 Å². The normalized spacial score (nSPS) is 12.6. The third-order valence-electron chi connectivity index (χ3n) is 4.50. The highest BCUT2D eigenvalue weighted by atomic mass is 32.2. The van der Waals surface area contributed by atoms with E-state index in [-0.39, 0.29) is 0 Å². The summed E-state index contributed by atoms with van der Waals surface area (Å²) in [6, 6.07) is 1.72. The van der Waals surface area contributed by atoms with Gasteiger partial charge in [0.2, 0.25) is 5.16 Å². The Hall–Kier alpha value is -2.35. The van der Waals surface area contributed by atoms with Crippen molar-refractivity contribution in [3.05, 3.63) is 35.5 Å². The van der Waals surface area contributed by atoms with Crippen LogP contribution in [0.1, 0.15) is 36.8 Å². The monoisotopic (exact) mass is 372 g/mol. The summed E-state index contributed by atoms with van der Waals surface area (Å²) in [5, 5.41) is 0.403. The number of anilines is 1. The van der Waals surface area contributed by atoms with Gasteiger partial charge >= 0.3 is 0 Å². The van der Waals surface area contributed by atoms with E-state index >= 15 is 0 Å². The predicted octanol–water partition coefficient (Wildman–Crippen LogP) is 2.57. The lowest BCUT2D eigenvalue weighted by Crippen LogP contribution is -2.08. The Bertz CT molecular complexity index is 938. The molecule has 3 heterocycles. The lowest BCUT2D eigenvalue weighted by Gasteiger charge is -2.11. The third-order valence-corrected chi connectivity index (χ3v) is 5.78. The van der Waals surface area contributed by atoms with Crippen LogP contribution in [0.25, 0.3) is 11.0 Å². The van der Waals surface area contributed by atoms with Crippen LogP contribution in [0.15, 0.2) is 23.6 Å². The van der Waals surface area contributed by atoms with Gasteiger partial charge in [-0.3, -0.25) is 4.21 Å². The molecule has 0 bridgehead atoms. The Morgan fingerprint density at radius 1 is 1.15 bits per heavy atom. The molecule has 3 rings (SSSR count). The number of hydrogen-bond donors (Lipinski definition) is 1. The Morgan fingerprint density at radius 2 is 1.88 bits per heavy atom. The molecule has 2 N–H and O–H groups in total. The van der Waals surface area contributed by atoms with Gasteiger partial charge in [-0.25, -0.2) is 19.9 Å². The van der Waals surface area contributed by atoms with Gasteiger partial charge in [0.15, 0.2) is 5.82 Å². The lowest BCUT2D eigenvalue weighted by molar-refractivity contribution is 0.615. The summed E-state index contributed by atoms with van der Waals surface area (Å²) >= 11 is 0.